The number of methoxy groups -OCH3 is 3. The van der Waals surface area contributed by atoms with E-state index in [1.54, 1.807) is 57.9 Å². The molecule has 38 heavy (non-hydrogen) atoms. The standard InChI is InChI=1S/C27H33ClN6O4/c1-16-15-29-27(33-25(16)30-19-13-22(37-4)24(28)23(14-19)38-5)32-20-7-6-17(12-21(20)36-3)26(35)31-18-8-10-34(2)11-9-18/h6-7,12-15,18H,8-11H2,1-5H3,(H,31,35)(H2,29,30,32,33). The summed E-state index contributed by atoms with van der Waals surface area (Å²) in [5.74, 6) is 2.28. The van der Waals surface area contributed by atoms with E-state index in [9.17, 15) is 4.79 Å². The fourth-order valence-corrected chi connectivity index (χ4v) is 4.45. The first-order valence-corrected chi connectivity index (χ1v) is 12.7. The van der Waals surface area contributed by atoms with Gasteiger partial charge in [0.1, 0.15) is 28.1 Å². The number of likely N-dealkylation sites (tertiary alicyclic amines) is 1. The Morgan fingerprint density at radius 2 is 1.66 bits per heavy atom. The number of rotatable bonds is 9. The molecule has 10 nitrogen and oxygen atoms in total. The normalized spacial score (nSPS) is 14.1. The van der Waals surface area contributed by atoms with Crippen molar-refractivity contribution in [2.45, 2.75) is 25.8 Å². The number of halogens is 1. The second-order valence-corrected chi connectivity index (χ2v) is 9.51. The van der Waals surface area contributed by atoms with Crippen molar-refractivity contribution in [3.63, 3.8) is 0 Å². The molecule has 0 unspecified atom stereocenters. The van der Waals surface area contributed by atoms with Crippen LogP contribution in [0.25, 0.3) is 0 Å². The number of ether oxygens (including phenoxy) is 3. The first-order valence-electron chi connectivity index (χ1n) is 12.3. The molecule has 0 aliphatic carbocycles. The molecule has 0 bridgehead atoms. The minimum atomic E-state index is -0.115. The number of aromatic nitrogens is 2. The third kappa shape index (κ3) is 6.38. The van der Waals surface area contributed by atoms with Crippen molar-refractivity contribution in [3.8, 4) is 17.2 Å². The molecule has 0 spiro atoms. The van der Waals surface area contributed by atoms with Crippen molar-refractivity contribution in [2.24, 2.45) is 0 Å². The van der Waals surface area contributed by atoms with E-state index in [1.807, 2.05) is 6.92 Å². The summed E-state index contributed by atoms with van der Waals surface area (Å²) < 4.78 is 16.3. The summed E-state index contributed by atoms with van der Waals surface area (Å²) in [7, 11) is 6.74. The Balaban J connectivity index is 1.50. The molecule has 0 radical (unpaired) electrons. The van der Waals surface area contributed by atoms with Crippen LogP contribution < -0.4 is 30.2 Å². The number of anilines is 4. The fourth-order valence-electron chi connectivity index (χ4n) is 4.18. The van der Waals surface area contributed by atoms with Crippen LogP contribution in [-0.4, -0.2) is 68.3 Å². The van der Waals surface area contributed by atoms with Gasteiger partial charge in [-0.1, -0.05) is 11.6 Å². The van der Waals surface area contributed by atoms with Gasteiger partial charge in [0.05, 0.1) is 27.0 Å². The Hall–Kier alpha value is -3.76. The van der Waals surface area contributed by atoms with Crippen molar-refractivity contribution < 1.29 is 19.0 Å². The minimum absolute atomic E-state index is 0.115. The molecule has 1 aliphatic heterocycles. The number of nitrogens with one attached hydrogen (secondary N) is 3. The Morgan fingerprint density at radius 3 is 2.29 bits per heavy atom. The zero-order valence-electron chi connectivity index (χ0n) is 22.2. The Bertz CT molecular complexity index is 1270. The molecule has 0 saturated carbocycles. The van der Waals surface area contributed by atoms with Gasteiger partial charge in [0.2, 0.25) is 5.95 Å². The highest BCUT2D eigenvalue weighted by Gasteiger charge is 2.20. The first-order chi connectivity index (χ1) is 18.3. The predicted octanol–water partition coefficient (Wildman–Crippen LogP) is 4.78. The molecule has 3 aromatic rings. The van der Waals surface area contributed by atoms with Crippen molar-refractivity contribution in [1.29, 1.82) is 0 Å². The highest BCUT2D eigenvalue weighted by atomic mass is 35.5. The lowest BCUT2D eigenvalue weighted by atomic mass is 10.0. The molecule has 0 atom stereocenters. The van der Waals surface area contributed by atoms with Crippen LogP contribution in [0.4, 0.5) is 23.1 Å². The quantitative estimate of drug-likeness (QED) is 0.353. The number of aryl methyl sites for hydroxylation is 1. The highest BCUT2D eigenvalue weighted by Crippen LogP contribution is 2.38. The monoisotopic (exact) mass is 540 g/mol. The molecule has 3 N–H and O–H groups in total. The first kappa shape index (κ1) is 27.3. The predicted molar refractivity (Wildman–Crippen MR) is 149 cm³/mol. The van der Waals surface area contributed by atoms with Crippen LogP contribution >= 0.6 is 11.6 Å². The minimum Gasteiger partial charge on any atom is -0.495 e. The summed E-state index contributed by atoms with van der Waals surface area (Å²) in [6.45, 7) is 3.85. The zero-order valence-corrected chi connectivity index (χ0v) is 23.0. The van der Waals surface area contributed by atoms with Crippen LogP contribution in [0.15, 0.2) is 36.5 Å². The van der Waals surface area contributed by atoms with Gasteiger partial charge in [-0.15, -0.1) is 0 Å². The number of hydrogen-bond donors (Lipinski definition) is 3. The average Bonchev–Trinajstić information content (AvgIpc) is 2.92. The van der Waals surface area contributed by atoms with Gasteiger partial charge >= 0.3 is 0 Å². The van der Waals surface area contributed by atoms with E-state index in [1.165, 1.54) is 0 Å². The van der Waals surface area contributed by atoms with Gasteiger partial charge in [0.25, 0.3) is 5.91 Å². The third-order valence-electron chi connectivity index (χ3n) is 6.44. The molecule has 1 amide bonds. The summed E-state index contributed by atoms with van der Waals surface area (Å²) in [6.07, 6.45) is 3.59. The van der Waals surface area contributed by atoms with Gasteiger partial charge in [-0.25, -0.2) is 4.98 Å². The Morgan fingerprint density at radius 1 is 1.00 bits per heavy atom. The number of carbonyl (C=O) groups excluding carboxylic acids is 1. The second kappa shape index (κ2) is 12.2. The van der Waals surface area contributed by atoms with Crippen LogP contribution in [0.3, 0.4) is 0 Å². The van der Waals surface area contributed by atoms with E-state index in [2.05, 4.69) is 37.9 Å². The van der Waals surface area contributed by atoms with Crippen LogP contribution in [0, 0.1) is 6.92 Å². The van der Waals surface area contributed by atoms with E-state index in [4.69, 9.17) is 25.8 Å². The van der Waals surface area contributed by atoms with E-state index in [0.717, 1.165) is 31.5 Å². The maximum absolute atomic E-state index is 12.8. The molecule has 1 fully saturated rings. The summed E-state index contributed by atoms with van der Waals surface area (Å²) in [4.78, 5) is 24.1. The van der Waals surface area contributed by atoms with Crippen LogP contribution in [0.2, 0.25) is 5.02 Å². The van der Waals surface area contributed by atoms with E-state index >= 15 is 0 Å². The lowest BCUT2D eigenvalue weighted by molar-refractivity contribution is 0.0916. The molecular weight excluding hydrogens is 508 g/mol. The average molecular weight is 541 g/mol. The molecule has 11 heteroatoms. The fraction of sp³-hybridized carbons (Fsp3) is 0.370. The van der Waals surface area contributed by atoms with E-state index in [0.29, 0.717) is 51.0 Å². The van der Waals surface area contributed by atoms with Crippen molar-refractivity contribution >= 4 is 40.6 Å². The molecule has 1 saturated heterocycles. The van der Waals surface area contributed by atoms with Gasteiger partial charge in [-0.3, -0.25) is 4.79 Å². The number of hydrogen-bond acceptors (Lipinski definition) is 9. The Kier molecular flexibility index (Phi) is 8.75. The van der Waals surface area contributed by atoms with E-state index in [-0.39, 0.29) is 11.9 Å². The maximum Gasteiger partial charge on any atom is 0.251 e. The maximum atomic E-state index is 12.8. The molecular formula is C27H33ClN6O4. The lowest BCUT2D eigenvalue weighted by Crippen LogP contribution is -2.43. The molecule has 1 aliphatic rings. The molecule has 2 aromatic carbocycles. The van der Waals surface area contributed by atoms with Crippen LogP contribution in [0.5, 0.6) is 17.2 Å². The van der Waals surface area contributed by atoms with Crippen molar-refractivity contribution in [1.82, 2.24) is 20.2 Å². The van der Waals surface area contributed by atoms with Gasteiger partial charge in [-0.2, -0.15) is 4.98 Å². The zero-order chi connectivity index (χ0) is 27.2. The number of benzene rings is 2. The number of amides is 1. The van der Waals surface area contributed by atoms with Gasteiger partial charge in [-0.05, 0) is 58.1 Å². The lowest BCUT2D eigenvalue weighted by Gasteiger charge is -2.29. The molecule has 4 rings (SSSR count). The van der Waals surface area contributed by atoms with Crippen LogP contribution in [-0.2, 0) is 0 Å². The Labute approximate surface area is 227 Å². The summed E-state index contributed by atoms with van der Waals surface area (Å²) in [5.41, 5.74) is 2.68. The molecule has 202 valence electrons. The number of piperidine rings is 1. The van der Waals surface area contributed by atoms with Crippen LogP contribution in [0.1, 0.15) is 28.8 Å². The number of nitrogens with zero attached hydrogens (tertiary/aromatic N) is 3. The smallest absolute Gasteiger partial charge is 0.251 e. The highest BCUT2D eigenvalue weighted by molar-refractivity contribution is 6.33. The summed E-state index contributed by atoms with van der Waals surface area (Å²) in [5, 5.41) is 9.98. The number of carbonyl (C=O) groups is 1. The van der Waals surface area contributed by atoms with Gasteiger partial charge < -0.3 is 35.1 Å². The second-order valence-electron chi connectivity index (χ2n) is 9.14. The van der Waals surface area contributed by atoms with Crippen molar-refractivity contribution in [3.05, 3.63) is 52.7 Å². The molecule has 1 aromatic heterocycles. The largest absolute Gasteiger partial charge is 0.495 e. The van der Waals surface area contributed by atoms with Gasteiger partial charge in [0, 0.05) is 41.2 Å². The topological polar surface area (TPSA) is 110 Å². The van der Waals surface area contributed by atoms with Gasteiger partial charge in [0.15, 0.2) is 0 Å². The molecule has 2 heterocycles. The summed E-state index contributed by atoms with van der Waals surface area (Å²) >= 11 is 6.29. The van der Waals surface area contributed by atoms with E-state index < -0.39 is 0 Å². The third-order valence-corrected chi connectivity index (χ3v) is 6.82. The summed E-state index contributed by atoms with van der Waals surface area (Å²) in [6, 6.07) is 8.96. The SMILES string of the molecule is COc1cc(C(=O)NC2CCN(C)CC2)ccc1Nc1ncc(C)c(Nc2cc(OC)c(Cl)c(OC)c2)n1. The van der Waals surface area contributed by atoms with Crippen molar-refractivity contribution in [2.75, 3.05) is 52.1 Å².